The van der Waals surface area contributed by atoms with Gasteiger partial charge < -0.3 is 9.64 Å². The van der Waals surface area contributed by atoms with E-state index in [1.54, 1.807) is 6.07 Å². The molecule has 1 aliphatic heterocycles. The Labute approximate surface area is 107 Å². The summed E-state index contributed by atoms with van der Waals surface area (Å²) < 4.78 is 18.7. The molecule has 1 unspecified atom stereocenters. The Bertz CT molecular complexity index is 447. The zero-order valence-corrected chi connectivity index (χ0v) is 10.8. The van der Waals surface area contributed by atoms with Crippen LogP contribution >= 0.6 is 0 Å². The molecule has 1 saturated heterocycles. The number of carbonyl (C=O) groups is 1. The zero-order chi connectivity index (χ0) is 13.1. The molecule has 0 saturated carbocycles. The van der Waals surface area contributed by atoms with Crippen LogP contribution in [0.25, 0.3) is 0 Å². The Morgan fingerprint density at radius 2 is 2.33 bits per heavy atom. The lowest BCUT2D eigenvalue weighted by Gasteiger charge is -2.37. The number of rotatable bonds is 3. The molecular weight excluding hydrogens is 233 g/mol. The van der Waals surface area contributed by atoms with E-state index in [1.165, 1.54) is 19.1 Å². The summed E-state index contributed by atoms with van der Waals surface area (Å²) >= 11 is 0. The molecule has 4 heteroatoms. The Balaban J connectivity index is 2.39. The number of halogens is 1. The van der Waals surface area contributed by atoms with Crippen LogP contribution in [0.3, 0.4) is 0 Å². The maximum Gasteiger partial charge on any atom is 0.161 e. The Morgan fingerprint density at radius 3 is 3.00 bits per heavy atom. The highest BCUT2D eigenvalue weighted by Gasteiger charge is 2.24. The molecule has 1 atom stereocenters. The number of nitrogens with zero attached hydrogens (tertiary/aromatic N) is 1. The van der Waals surface area contributed by atoms with Crippen molar-refractivity contribution < 1.29 is 13.9 Å². The normalized spacial score (nSPS) is 19.9. The Kier molecular flexibility index (Phi) is 3.97. The largest absolute Gasteiger partial charge is 0.377 e. The molecule has 0 aliphatic carbocycles. The van der Waals surface area contributed by atoms with Crippen molar-refractivity contribution in [3.05, 3.63) is 29.6 Å². The molecule has 0 aromatic heterocycles. The summed E-state index contributed by atoms with van der Waals surface area (Å²) in [6.45, 7) is 5.60. The molecule has 1 fully saturated rings. The van der Waals surface area contributed by atoms with Crippen LogP contribution in [0.2, 0.25) is 0 Å². The van der Waals surface area contributed by atoms with E-state index >= 15 is 0 Å². The molecule has 1 aromatic rings. The van der Waals surface area contributed by atoms with Crippen molar-refractivity contribution in [1.82, 2.24) is 0 Å². The number of ether oxygens (including phenoxy) is 1. The van der Waals surface area contributed by atoms with Crippen LogP contribution in [0.5, 0.6) is 0 Å². The van der Waals surface area contributed by atoms with Crippen LogP contribution < -0.4 is 4.90 Å². The van der Waals surface area contributed by atoms with Gasteiger partial charge in [-0.25, -0.2) is 4.39 Å². The summed E-state index contributed by atoms with van der Waals surface area (Å²) in [4.78, 5) is 13.8. The predicted molar refractivity (Wildman–Crippen MR) is 68.6 cm³/mol. The SMILES string of the molecule is CCC1COCCN1c1ccc(F)cc1C(C)=O. The first-order valence-electron chi connectivity index (χ1n) is 6.28. The molecular formula is C14H18FNO2. The topological polar surface area (TPSA) is 29.5 Å². The Hall–Kier alpha value is -1.42. The second kappa shape index (κ2) is 5.48. The molecule has 1 heterocycles. The number of hydrogen-bond acceptors (Lipinski definition) is 3. The van der Waals surface area contributed by atoms with E-state index in [-0.39, 0.29) is 17.6 Å². The highest BCUT2D eigenvalue weighted by atomic mass is 19.1. The number of carbonyl (C=O) groups excluding carboxylic acids is 1. The van der Waals surface area contributed by atoms with Gasteiger partial charge in [-0.05, 0) is 31.5 Å². The highest BCUT2D eigenvalue weighted by molar-refractivity contribution is 5.99. The average Bonchev–Trinajstić information content (AvgIpc) is 2.38. The molecule has 1 aliphatic rings. The van der Waals surface area contributed by atoms with Gasteiger partial charge in [-0.2, -0.15) is 0 Å². The van der Waals surface area contributed by atoms with Gasteiger partial charge in [0.25, 0.3) is 0 Å². The van der Waals surface area contributed by atoms with Crippen LogP contribution in [0.4, 0.5) is 10.1 Å². The first-order chi connectivity index (χ1) is 8.63. The molecule has 0 bridgehead atoms. The summed E-state index contributed by atoms with van der Waals surface area (Å²) in [5.41, 5.74) is 1.27. The summed E-state index contributed by atoms with van der Waals surface area (Å²) in [5.74, 6) is -0.476. The standard InChI is InChI=1S/C14H18FNO2/c1-3-12-9-18-7-6-16(12)14-5-4-11(15)8-13(14)10(2)17/h4-5,8,12H,3,6-7,9H2,1-2H3. The van der Waals surface area contributed by atoms with Crippen LogP contribution in [0.15, 0.2) is 18.2 Å². The molecule has 1 aromatic carbocycles. The lowest BCUT2D eigenvalue weighted by Crippen LogP contribution is -2.45. The van der Waals surface area contributed by atoms with Gasteiger partial charge in [0.2, 0.25) is 0 Å². The molecule has 0 amide bonds. The second-order valence-corrected chi connectivity index (χ2v) is 4.55. The lowest BCUT2D eigenvalue weighted by atomic mass is 10.0. The van der Waals surface area contributed by atoms with E-state index in [9.17, 15) is 9.18 Å². The Morgan fingerprint density at radius 1 is 1.56 bits per heavy atom. The van der Waals surface area contributed by atoms with Crippen LogP contribution in [0.1, 0.15) is 30.6 Å². The maximum absolute atomic E-state index is 13.3. The van der Waals surface area contributed by atoms with Crippen LogP contribution in [-0.2, 0) is 4.74 Å². The van der Waals surface area contributed by atoms with Gasteiger partial charge in [0, 0.05) is 17.8 Å². The van der Waals surface area contributed by atoms with Gasteiger partial charge in [-0.15, -0.1) is 0 Å². The minimum absolute atomic E-state index is 0.106. The number of benzene rings is 1. The number of anilines is 1. The van der Waals surface area contributed by atoms with E-state index in [4.69, 9.17) is 4.74 Å². The van der Waals surface area contributed by atoms with Crippen LogP contribution in [0, 0.1) is 5.82 Å². The van der Waals surface area contributed by atoms with Crippen molar-refractivity contribution in [2.45, 2.75) is 26.3 Å². The van der Waals surface area contributed by atoms with Crippen molar-refractivity contribution >= 4 is 11.5 Å². The van der Waals surface area contributed by atoms with Crippen molar-refractivity contribution in [1.29, 1.82) is 0 Å². The van der Waals surface area contributed by atoms with Gasteiger partial charge in [0.15, 0.2) is 5.78 Å². The summed E-state index contributed by atoms with van der Waals surface area (Å²) in [7, 11) is 0. The first-order valence-corrected chi connectivity index (χ1v) is 6.28. The van der Waals surface area contributed by atoms with Crippen molar-refractivity contribution in [2.24, 2.45) is 0 Å². The fourth-order valence-electron chi connectivity index (χ4n) is 2.35. The molecule has 98 valence electrons. The maximum atomic E-state index is 13.3. The number of morpholine rings is 1. The van der Waals surface area contributed by atoms with Crippen molar-refractivity contribution in [2.75, 3.05) is 24.7 Å². The number of ketones is 1. The summed E-state index contributed by atoms with van der Waals surface area (Å²) in [6.07, 6.45) is 0.939. The number of Topliss-reactive ketones (excluding diaryl/α,β-unsaturated/α-hetero) is 1. The van der Waals surface area contributed by atoms with E-state index in [2.05, 4.69) is 11.8 Å². The van der Waals surface area contributed by atoms with Gasteiger partial charge in [-0.3, -0.25) is 4.79 Å². The fraction of sp³-hybridized carbons (Fsp3) is 0.500. The fourth-order valence-corrected chi connectivity index (χ4v) is 2.35. The van der Waals surface area contributed by atoms with E-state index < -0.39 is 0 Å². The second-order valence-electron chi connectivity index (χ2n) is 4.55. The van der Waals surface area contributed by atoms with E-state index in [1.807, 2.05) is 0 Å². The third-order valence-corrected chi connectivity index (χ3v) is 3.35. The molecule has 2 rings (SSSR count). The molecule has 0 N–H and O–H groups in total. The van der Waals surface area contributed by atoms with Gasteiger partial charge in [0.05, 0.1) is 19.3 Å². The molecule has 0 spiro atoms. The average molecular weight is 251 g/mol. The van der Waals surface area contributed by atoms with Gasteiger partial charge >= 0.3 is 0 Å². The highest BCUT2D eigenvalue weighted by Crippen LogP contribution is 2.26. The zero-order valence-electron chi connectivity index (χ0n) is 10.8. The lowest BCUT2D eigenvalue weighted by molar-refractivity contribution is 0.0922. The minimum Gasteiger partial charge on any atom is -0.377 e. The van der Waals surface area contributed by atoms with Gasteiger partial charge in [0.1, 0.15) is 5.82 Å². The summed E-state index contributed by atoms with van der Waals surface area (Å²) in [5, 5.41) is 0. The van der Waals surface area contributed by atoms with E-state index in [0.29, 0.717) is 18.8 Å². The quantitative estimate of drug-likeness (QED) is 0.773. The summed E-state index contributed by atoms with van der Waals surface area (Å²) in [6, 6.07) is 4.67. The van der Waals surface area contributed by atoms with Crippen LogP contribution in [-0.4, -0.2) is 31.6 Å². The smallest absolute Gasteiger partial charge is 0.161 e. The number of hydrogen-bond donors (Lipinski definition) is 0. The monoisotopic (exact) mass is 251 g/mol. The predicted octanol–water partition coefficient (Wildman–Crippen LogP) is 2.64. The molecule has 0 radical (unpaired) electrons. The third-order valence-electron chi connectivity index (χ3n) is 3.35. The third kappa shape index (κ3) is 2.53. The van der Waals surface area contributed by atoms with E-state index in [0.717, 1.165) is 18.7 Å². The molecule has 3 nitrogen and oxygen atoms in total. The minimum atomic E-state index is -0.370. The molecule has 18 heavy (non-hydrogen) atoms. The first kappa shape index (κ1) is 13.0. The van der Waals surface area contributed by atoms with Gasteiger partial charge in [-0.1, -0.05) is 6.92 Å². The van der Waals surface area contributed by atoms with Crippen molar-refractivity contribution in [3.63, 3.8) is 0 Å². The van der Waals surface area contributed by atoms with Crippen molar-refractivity contribution in [3.8, 4) is 0 Å².